The van der Waals surface area contributed by atoms with E-state index in [1.165, 1.54) is 17.1 Å². The van der Waals surface area contributed by atoms with Crippen LogP contribution in [0, 0.1) is 10.1 Å². The van der Waals surface area contributed by atoms with Gasteiger partial charge in [-0.1, -0.05) is 12.1 Å². The van der Waals surface area contributed by atoms with Gasteiger partial charge in [0.2, 0.25) is 5.16 Å². The SMILES string of the molecule is Nn1cnnc1Sc1ccccc1[N+](=O)[O-]. The number of nitro groups is 1. The highest BCUT2D eigenvalue weighted by atomic mass is 32.2. The van der Waals surface area contributed by atoms with E-state index in [0.29, 0.717) is 10.1 Å². The third-order valence-electron chi connectivity index (χ3n) is 1.80. The Hall–Kier alpha value is -2.09. The van der Waals surface area contributed by atoms with Gasteiger partial charge in [0.25, 0.3) is 5.69 Å². The van der Waals surface area contributed by atoms with E-state index in [1.54, 1.807) is 18.2 Å². The summed E-state index contributed by atoms with van der Waals surface area (Å²) in [7, 11) is 0. The number of benzene rings is 1. The van der Waals surface area contributed by atoms with E-state index in [-0.39, 0.29) is 5.69 Å². The zero-order chi connectivity index (χ0) is 11.5. The van der Waals surface area contributed by atoms with Crippen LogP contribution >= 0.6 is 11.8 Å². The Kier molecular flexibility index (Phi) is 2.73. The second-order valence-corrected chi connectivity index (χ2v) is 3.86. The predicted octanol–water partition coefficient (Wildman–Crippen LogP) is 1.05. The summed E-state index contributed by atoms with van der Waals surface area (Å²) in [4.78, 5) is 10.8. The molecule has 7 nitrogen and oxygen atoms in total. The van der Waals surface area contributed by atoms with Crippen LogP contribution in [0.4, 0.5) is 5.69 Å². The molecule has 2 aromatic rings. The third-order valence-corrected chi connectivity index (χ3v) is 2.84. The Bertz CT molecular complexity index is 527. The number of aromatic nitrogens is 3. The molecule has 8 heteroatoms. The van der Waals surface area contributed by atoms with Crippen LogP contribution in [-0.4, -0.2) is 19.8 Å². The van der Waals surface area contributed by atoms with Gasteiger partial charge in [-0.25, -0.2) is 4.68 Å². The lowest BCUT2D eigenvalue weighted by atomic mass is 10.3. The van der Waals surface area contributed by atoms with E-state index in [0.717, 1.165) is 11.8 Å². The standard InChI is InChI=1S/C8H7N5O2S/c9-12-5-10-11-8(12)16-7-4-2-1-3-6(7)13(14)15/h1-5H,9H2. The Morgan fingerprint density at radius 3 is 2.81 bits per heavy atom. The zero-order valence-corrected chi connectivity index (χ0v) is 8.79. The molecule has 1 aromatic carbocycles. The zero-order valence-electron chi connectivity index (χ0n) is 7.98. The first kappa shape index (κ1) is 10.4. The lowest BCUT2D eigenvalue weighted by Crippen LogP contribution is -2.07. The molecule has 0 amide bonds. The van der Waals surface area contributed by atoms with E-state index >= 15 is 0 Å². The number of nitro benzene ring substituents is 1. The van der Waals surface area contributed by atoms with Gasteiger partial charge in [-0.05, 0) is 17.8 Å². The maximum absolute atomic E-state index is 10.8. The molecule has 0 unspecified atom stereocenters. The minimum absolute atomic E-state index is 0.0236. The first-order valence-corrected chi connectivity index (χ1v) is 5.06. The maximum atomic E-state index is 10.8. The van der Waals surface area contributed by atoms with Crippen LogP contribution in [0.3, 0.4) is 0 Å². The summed E-state index contributed by atoms with van der Waals surface area (Å²) in [5.41, 5.74) is 0.0236. The number of nitrogens with two attached hydrogens (primary N) is 1. The number of para-hydroxylation sites is 1. The highest BCUT2D eigenvalue weighted by Gasteiger charge is 2.15. The highest BCUT2D eigenvalue weighted by Crippen LogP contribution is 2.32. The molecular formula is C8H7N5O2S. The van der Waals surface area contributed by atoms with Crippen LogP contribution in [0.25, 0.3) is 0 Å². The minimum atomic E-state index is -0.445. The lowest BCUT2D eigenvalue weighted by Gasteiger charge is -2.00. The van der Waals surface area contributed by atoms with Crippen molar-refractivity contribution in [1.82, 2.24) is 14.9 Å². The largest absolute Gasteiger partial charge is 0.336 e. The smallest absolute Gasteiger partial charge is 0.283 e. The topological polar surface area (TPSA) is 99.9 Å². The Morgan fingerprint density at radius 2 is 2.19 bits per heavy atom. The summed E-state index contributed by atoms with van der Waals surface area (Å²) in [5, 5.41) is 18.5. The molecule has 0 aliphatic carbocycles. The number of hydrogen-bond acceptors (Lipinski definition) is 6. The molecule has 0 spiro atoms. The van der Waals surface area contributed by atoms with Crippen molar-refractivity contribution in [3.63, 3.8) is 0 Å². The first-order valence-electron chi connectivity index (χ1n) is 4.25. The van der Waals surface area contributed by atoms with Gasteiger partial charge in [0.05, 0.1) is 9.82 Å². The quantitative estimate of drug-likeness (QED) is 0.486. The van der Waals surface area contributed by atoms with Crippen LogP contribution < -0.4 is 5.84 Å². The van der Waals surface area contributed by atoms with Crippen molar-refractivity contribution in [3.05, 3.63) is 40.7 Å². The van der Waals surface area contributed by atoms with Gasteiger partial charge in [-0.15, -0.1) is 10.2 Å². The second-order valence-electron chi connectivity index (χ2n) is 2.85. The van der Waals surface area contributed by atoms with Gasteiger partial charge in [-0.3, -0.25) is 10.1 Å². The van der Waals surface area contributed by atoms with Crippen molar-refractivity contribution in [2.24, 2.45) is 0 Å². The van der Waals surface area contributed by atoms with Crippen molar-refractivity contribution in [3.8, 4) is 0 Å². The Balaban J connectivity index is 2.35. The second kappa shape index (κ2) is 4.19. The van der Waals surface area contributed by atoms with Crippen molar-refractivity contribution in [1.29, 1.82) is 0 Å². The summed E-state index contributed by atoms with van der Waals surface area (Å²) < 4.78 is 1.21. The summed E-state index contributed by atoms with van der Waals surface area (Å²) in [6.07, 6.45) is 1.33. The van der Waals surface area contributed by atoms with Crippen molar-refractivity contribution >= 4 is 17.4 Å². The fraction of sp³-hybridized carbons (Fsp3) is 0. The van der Waals surface area contributed by atoms with Crippen LogP contribution in [0.5, 0.6) is 0 Å². The van der Waals surface area contributed by atoms with E-state index in [2.05, 4.69) is 10.2 Å². The molecule has 0 radical (unpaired) electrons. The molecule has 16 heavy (non-hydrogen) atoms. The monoisotopic (exact) mass is 237 g/mol. The van der Waals surface area contributed by atoms with Crippen LogP contribution in [0.2, 0.25) is 0 Å². The van der Waals surface area contributed by atoms with Gasteiger partial charge < -0.3 is 5.84 Å². The molecule has 0 aliphatic heterocycles. The van der Waals surface area contributed by atoms with Gasteiger partial charge in [0.1, 0.15) is 6.33 Å². The van der Waals surface area contributed by atoms with E-state index in [9.17, 15) is 10.1 Å². The molecule has 0 fully saturated rings. The molecule has 0 saturated heterocycles. The molecule has 0 bridgehead atoms. The highest BCUT2D eigenvalue weighted by molar-refractivity contribution is 7.99. The molecule has 82 valence electrons. The normalized spacial score (nSPS) is 10.2. The van der Waals surface area contributed by atoms with Crippen molar-refractivity contribution in [2.75, 3.05) is 5.84 Å². The Morgan fingerprint density at radius 1 is 1.44 bits per heavy atom. The van der Waals surface area contributed by atoms with Crippen LogP contribution in [0.1, 0.15) is 0 Å². The van der Waals surface area contributed by atoms with Gasteiger partial charge in [0, 0.05) is 6.07 Å². The van der Waals surface area contributed by atoms with Crippen molar-refractivity contribution < 1.29 is 4.92 Å². The molecule has 0 saturated carbocycles. The van der Waals surface area contributed by atoms with Gasteiger partial charge in [0.15, 0.2) is 0 Å². The molecular weight excluding hydrogens is 230 g/mol. The summed E-state index contributed by atoms with van der Waals surface area (Å²) >= 11 is 1.10. The minimum Gasteiger partial charge on any atom is -0.336 e. The maximum Gasteiger partial charge on any atom is 0.283 e. The molecule has 0 aliphatic rings. The van der Waals surface area contributed by atoms with Gasteiger partial charge in [-0.2, -0.15) is 0 Å². The first-order chi connectivity index (χ1) is 7.68. The van der Waals surface area contributed by atoms with Crippen molar-refractivity contribution in [2.45, 2.75) is 10.1 Å². The summed E-state index contributed by atoms with van der Waals surface area (Å²) in [6.45, 7) is 0. The average Bonchev–Trinajstić information content (AvgIpc) is 2.65. The fourth-order valence-corrected chi connectivity index (χ4v) is 1.93. The molecule has 1 aromatic heterocycles. The number of hydrogen-bond donors (Lipinski definition) is 1. The number of rotatable bonds is 3. The van der Waals surface area contributed by atoms with Crippen LogP contribution in [0.15, 0.2) is 40.6 Å². The average molecular weight is 237 g/mol. The summed E-state index contributed by atoms with van der Waals surface area (Å²) in [5.74, 6) is 5.52. The Labute approximate surface area is 94.4 Å². The molecule has 2 N–H and O–H groups in total. The third kappa shape index (κ3) is 1.96. The summed E-state index contributed by atoms with van der Waals surface area (Å²) in [6, 6.07) is 6.39. The van der Waals surface area contributed by atoms with E-state index in [4.69, 9.17) is 5.84 Å². The predicted molar refractivity (Wildman–Crippen MR) is 57.4 cm³/mol. The molecule has 0 atom stereocenters. The van der Waals surface area contributed by atoms with Gasteiger partial charge >= 0.3 is 0 Å². The number of nitrogens with zero attached hydrogens (tertiary/aromatic N) is 4. The van der Waals surface area contributed by atoms with E-state index < -0.39 is 4.92 Å². The molecule has 2 rings (SSSR count). The lowest BCUT2D eigenvalue weighted by molar-refractivity contribution is -0.387. The fourth-order valence-electron chi connectivity index (χ4n) is 1.10. The van der Waals surface area contributed by atoms with E-state index in [1.807, 2.05) is 0 Å². The number of nitrogen functional groups attached to an aromatic ring is 1. The molecule has 1 heterocycles. The van der Waals surface area contributed by atoms with Crippen LogP contribution in [-0.2, 0) is 0 Å².